The summed E-state index contributed by atoms with van der Waals surface area (Å²) in [7, 11) is 0. The zero-order valence-electron chi connectivity index (χ0n) is 13.3. The minimum atomic E-state index is 0.0585. The minimum Gasteiger partial charge on any atom is -0.384 e. The molecule has 0 spiro atoms. The first kappa shape index (κ1) is 14.4. The standard InChI is InChI=1S/C19H17N5/c1-11-17-14-8-7-13(18(20)21)10-15(14)23-19(17)24-16(22-11)9-12-5-3-2-4-6-12/h2-8,10H,9H2,1H3,(H3,20,21)(H,22,23,24). The van der Waals surface area contributed by atoms with Gasteiger partial charge < -0.3 is 10.7 Å². The fourth-order valence-corrected chi connectivity index (χ4v) is 3.06. The molecule has 0 saturated carbocycles. The molecule has 0 radical (unpaired) electrons. The first-order valence-electron chi connectivity index (χ1n) is 7.79. The molecule has 0 atom stereocenters. The number of rotatable bonds is 3. The van der Waals surface area contributed by atoms with E-state index >= 15 is 0 Å². The fourth-order valence-electron chi connectivity index (χ4n) is 3.06. The summed E-state index contributed by atoms with van der Waals surface area (Å²) in [6.07, 6.45) is 0.700. The van der Waals surface area contributed by atoms with Crippen molar-refractivity contribution in [2.45, 2.75) is 13.3 Å². The lowest BCUT2D eigenvalue weighted by atomic mass is 10.1. The summed E-state index contributed by atoms with van der Waals surface area (Å²) in [5.41, 5.74) is 10.2. The van der Waals surface area contributed by atoms with Crippen LogP contribution in [0.2, 0.25) is 0 Å². The molecule has 4 aromatic rings. The Morgan fingerprint density at radius 3 is 2.67 bits per heavy atom. The maximum Gasteiger partial charge on any atom is 0.142 e. The SMILES string of the molecule is Cc1nc(Cc2ccccc2)nc2[nH]c3cc(C(=N)N)ccc3c12. The predicted octanol–water partition coefficient (Wildman–Crippen LogP) is 3.29. The van der Waals surface area contributed by atoms with Gasteiger partial charge in [-0.2, -0.15) is 0 Å². The second-order valence-corrected chi connectivity index (χ2v) is 5.91. The molecule has 0 unspecified atom stereocenters. The number of nitrogens with two attached hydrogens (primary N) is 1. The molecule has 0 aliphatic carbocycles. The number of nitrogens with zero attached hydrogens (tertiary/aromatic N) is 2. The average Bonchev–Trinajstić information content (AvgIpc) is 2.93. The molecule has 4 rings (SSSR count). The zero-order valence-corrected chi connectivity index (χ0v) is 13.3. The highest BCUT2D eigenvalue weighted by molar-refractivity contribution is 6.09. The van der Waals surface area contributed by atoms with Crippen LogP contribution in [0, 0.1) is 12.3 Å². The van der Waals surface area contributed by atoms with Crippen LogP contribution in [0.15, 0.2) is 48.5 Å². The van der Waals surface area contributed by atoms with Gasteiger partial charge in [0.2, 0.25) is 0 Å². The molecule has 0 aliphatic rings. The van der Waals surface area contributed by atoms with Gasteiger partial charge in [-0.05, 0) is 18.6 Å². The Kier molecular flexibility index (Phi) is 3.27. The molecule has 118 valence electrons. The van der Waals surface area contributed by atoms with E-state index in [2.05, 4.69) is 22.1 Å². The summed E-state index contributed by atoms with van der Waals surface area (Å²) in [5, 5.41) is 9.66. The lowest BCUT2D eigenvalue weighted by molar-refractivity contribution is 0.965. The van der Waals surface area contributed by atoms with Crippen molar-refractivity contribution in [3.05, 3.63) is 71.2 Å². The van der Waals surface area contributed by atoms with Gasteiger partial charge in [-0.15, -0.1) is 0 Å². The number of aromatic nitrogens is 3. The Balaban J connectivity index is 1.85. The van der Waals surface area contributed by atoms with Gasteiger partial charge in [-0.25, -0.2) is 9.97 Å². The molecule has 24 heavy (non-hydrogen) atoms. The number of nitrogen functional groups attached to an aromatic ring is 1. The number of benzene rings is 2. The second kappa shape index (κ2) is 5.45. The molecular formula is C19H17N5. The van der Waals surface area contributed by atoms with Gasteiger partial charge >= 0.3 is 0 Å². The molecule has 2 aromatic heterocycles. The highest BCUT2D eigenvalue weighted by Crippen LogP contribution is 2.27. The van der Waals surface area contributed by atoms with E-state index < -0.39 is 0 Å². The number of amidine groups is 1. The van der Waals surface area contributed by atoms with Crippen molar-refractivity contribution >= 4 is 27.8 Å². The molecule has 2 heterocycles. The van der Waals surface area contributed by atoms with Crippen LogP contribution in [0.25, 0.3) is 21.9 Å². The van der Waals surface area contributed by atoms with Crippen LogP contribution in [-0.2, 0) is 6.42 Å². The van der Waals surface area contributed by atoms with E-state index in [0.29, 0.717) is 12.0 Å². The fraction of sp³-hybridized carbons (Fsp3) is 0.105. The number of hydrogen-bond donors (Lipinski definition) is 3. The minimum absolute atomic E-state index is 0.0585. The van der Waals surface area contributed by atoms with E-state index in [9.17, 15) is 0 Å². The first-order valence-corrected chi connectivity index (χ1v) is 7.79. The van der Waals surface area contributed by atoms with Crippen molar-refractivity contribution in [2.24, 2.45) is 5.73 Å². The molecule has 5 nitrogen and oxygen atoms in total. The van der Waals surface area contributed by atoms with Crippen LogP contribution in [-0.4, -0.2) is 20.8 Å². The summed E-state index contributed by atoms with van der Waals surface area (Å²) in [4.78, 5) is 12.7. The van der Waals surface area contributed by atoms with Crippen LogP contribution < -0.4 is 5.73 Å². The number of fused-ring (bicyclic) bond motifs is 3. The van der Waals surface area contributed by atoms with Crippen molar-refractivity contribution in [3.8, 4) is 0 Å². The van der Waals surface area contributed by atoms with Crippen molar-refractivity contribution in [1.29, 1.82) is 5.41 Å². The lowest BCUT2D eigenvalue weighted by Crippen LogP contribution is -2.10. The summed E-state index contributed by atoms with van der Waals surface area (Å²) < 4.78 is 0. The second-order valence-electron chi connectivity index (χ2n) is 5.91. The smallest absolute Gasteiger partial charge is 0.142 e. The first-order chi connectivity index (χ1) is 11.6. The van der Waals surface area contributed by atoms with Gasteiger partial charge in [0.15, 0.2) is 0 Å². The number of H-pyrrole nitrogens is 1. The molecule has 5 heteroatoms. The van der Waals surface area contributed by atoms with E-state index in [1.54, 1.807) is 0 Å². The van der Waals surface area contributed by atoms with Crippen LogP contribution in [0.3, 0.4) is 0 Å². The summed E-state index contributed by atoms with van der Waals surface area (Å²) in [6.45, 7) is 2.00. The predicted molar refractivity (Wildman–Crippen MR) is 96.4 cm³/mol. The monoisotopic (exact) mass is 315 g/mol. The van der Waals surface area contributed by atoms with Crippen LogP contribution in [0.5, 0.6) is 0 Å². The summed E-state index contributed by atoms with van der Waals surface area (Å²) in [6, 6.07) is 15.9. The zero-order chi connectivity index (χ0) is 16.7. The van der Waals surface area contributed by atoms with Gasteiger partial charge in [-0.3, -0.25) is 5.41 Å². The highest BCUT2D eigenvalue weighted by Gasteiger charge is 2.12. The average molecular weight is 315 g/mol. The van der Waals surface area contributed by atoms with Gasteiger partial charge in [0.05, 0.1) is 5.69 Å². The number of aryl methyl sites for hydroxylation is 1. The van der Waals surface area contributed by atoms with Crippen LogP contribution in [0.1, 0.15) is 22.6 Å². The molecule has 0 fully saturated rings. The largest absolute Gasteiger partial charge is 0.384 e. The topological polar surface area (TPSA) is 91.4 Å². The third-order valence-electron chi connectivity index (χ3n) is 4.19. The van der Waals surface area contributed by atoms with Gasteiger partial charge in [0.25, 0.3) is 0 Å². The van der Waals surface area contributed by atoms with Crippen molar-refractivity contribution in [3.63, 3.8) is 0 Å². The quantitative estimate of drug-likeness (QED) is 0.400. The Morgan fingerprint density at radius 1 is 1.12 bits per heavy atom. The normalized spacial score (nSPS) is 11.2. The Hall–Kier alpha value is -3.21. The molecule has 0 amide bonds. The van der Waals surface area contributed by atoms with Gasteiger partial charge in [-0.1, -0.05) is 42.5 Å². The Labute approximate surface area is 139 Å². The maximum absolute atomic E-state index is 7.58. The number of hydrogen-bond acceptors (Lipinski definition) is 3. The van der Waals surface area contributed by atoms with Crippen molar-refractivity contribution in [2.75, 3.05) is 0 Å². The molecule has 0 bridgehead atoms. The summed E-state index contributed by atoms with van der Waals surface area (Å²) in [5.74, 6) is 0.854. The third kappa shape index (κ3) is 2.40. The molecule has 2 aromatic carbocycles. The molecule has 0 saturated heterocycles. The summed E-state index contributed by atoms with van der Waals surface area (Å²) >= 11 is 0. The van der Waals surface area contributed by atoms with E-state index in [0.717, 1.165) is 33.5 Å². The maximum atomic E-state index is 7.58. The molecular weight excluding hydrogens is 298 g/mol. The van der Waals surface area contributed by atoms with Crippen molar-refractivity contribution < 1.29 is 0 Å². The lowest BCUT2D eigenvalue weighted by Gasteiger charge is -2.03. The van der Waals surface area contributed by atoms with E-state index in [-0.39, 0.29) is 5.84 Å². The third-order valence-corrected chi connectivity index (χ3v) is 4.19. The number of aromatic amines is 1. The highest BCUT2D eigenvalue weighted by atomic mass is 15.0. The van der Waals surface area contributed by atoms with E-state index in [1.165, 1.54) is 5.56 Å². The van der Waals surface area contributed by atoms with E-state index in [1.807, 2.05) is 43.3 Å². The molecule has 0 aliphatic heterocycles. The Bertz CT molecular complexity index is 1060. The Morgan fingerprint density at radius 2 is 1.92 bits per heavy atom. The van der Waals surface area contributed by atoms with Crippen molar-refractivity contribution in [1.82, 2.24) is 15.0 Å². The van der Waals surface area contributed by atoms with Crippen LogP contribution >= 0.6 is 0 Å². The van der Waals surface area contributed by atoms with Gasteiger partial charge in [0, 0.05) is 28.3 Å². The van der Waals surface area contributed by atoms with Crippen LogP contribution in [0.4, 0.5) is 0 Å². The number of nitrogens with one attached hydrogen (secondary N) is 2. The van der Waals surface area contributed by atoms with E-state index in [4.69, 9.17) is 16.1 Å². The van der Waals surface area contributed by atoms with Gasteiger partial charge in [0.1, 0.15) is 17.3 Å². The molecule has 4 N–H and O–H groups in total.